The highest BCUT2D eigenvalue weighted by Crippen LogP contribution is 2.32. The van der Waals surface area contributed by atoms with Gasteiger partial charge in [-0.3, -0.25) is 0 Å². The molecule has 0 saturated heterocycles. The van der Waals surface area contributed by atoms with E-state index >= 15 is 0 Å². The molecule has 1 N–H and O–H groups in total. The minimum atomic E-state index is 0.336. The Labute approximate surface area is 122 Å². The summed E-state index contributed by atoms with van der Waals surface area (Å²) in [6, 6.07) is 7.13. The number of hydrogen-bond donors (Lipinski definition) is 1. The number of nitrogens with one attached hydrogen (secondary N) is 1. The quantitative estimate of drug-likeness (QED) is 0.762. The molecule has 0 aromatic heterocycles. The van der Waals surface area contributed by atoms with E-state index in [0.29, 0.717) is 25.3 Å². The van der Waals surface area contributed by atoms with Crippen molar-refractivity contribution in [3.05, 3.63) is 23.8 Å². The predicted octanol–water partition coefficient (Wildman–Crippen LogP) is 4.08. The van der Waals surface area contributed by atoms with Gasteiger partial charge in [0.15, 0.2) is 11.5 Å². The van der Waals surface area contributed by atoms with Crippen LogP contribution < -0.4 is 14.8 Å². The third-order valence-electron chi connectivity index (χ3n) is 3.84. The van der Waals surface area contributed by atoms with Crippen LogP contribution in [0.3, 0.4) is 0 Å². The highest BCUT2D eigenvalue weighted by molar-refractivity contribution is 5.44. The van der Waals surface area contributed by atoms with E-state index < -0.39 is 0 Å². The van der Waals surface area contributed by atoms with Crippen molar-refractivity contribution in [1.29, 1.82) is 0 Å². The maximum atomic E-state index is 5.65. The Morgan fingerprint density at radius 1 is 1.10 bits per heavy atom. The van der Waals surface area contributed by atoms with Crippen LogP contribution in [-0.4, -0.2) is 19.3 Å². The molecule has 2 unspecified atom stereocenters. The highest BCUT2D eigenvalue weighted by Gasteiger charge is 2.15. The molecule has 0 radical (unpaired) electrons. The zero-order valence-electron chi connectivity index (χ0n) is 12.9. The van der Waals surface area contributed by atoms with Crippen molar-refractivity contribution in [3.8, 4) is 11.5 Å². The average Bonchev–Trinajstić information content (AvgIpc) is 2.47. The molecule has 0 aliphatic carbocycles. The van der Waals surface area contributed by atoms with Gasteiger partial charge in [-0.25, -0.2) is 0 Å². The Morgan fingerprint density at radius 2 is 1.85 bits per heavy atom. The maximum Gasteiger partial charge on any atom is 0.161 e. The van der Waals surface area contributed by atoms with Crippen molar-refractivity contribution in [1.82, 2.24) is 5.32 Å². The first kappa shape index (κ1) is 15.2. The van der Waals surface area contributed by atoms with E-state index in [-0.39, 0.29) is 0 Å². The molecule has 0 saturated carbocycles. The fourth-order valence-electron chi connectivity index (χ4n) is 2.64. The molecule has 0 bridgehead atoms. The molecule has 1 aromatic carbocycles. The van der Waals surface area contributed by atoms with E-state index in [2.05, 4.69) is 38.2 Å². The van der Waals surface area contributed by atoms with Crippen LogP contribution in [-0.2, 0) is 0 Å². The minimum absolute atomic E-state index is 0.336. The van der Waals surface area contributed by atoms with Gasteiger partial charge in [0.1, 0.15) is 13.2 Å². The molecule has 1 aromatic rings. The van der Waals surface area contributed by atoms with Crippen LogP contribution in [0.4, 0.5) is 0 Å². The molecular formula is C17H27NO2. The molecule has 0 fully saturated rings. The smallest absolute Gasteiger partial charge is 0.161 e. The Morgan fingerprint density at radius 3 is 2.60 bits per heavy atom. The van der Waals surface area contributed by atoms with Gasteiger partial charge in [0, 0.05) is 12.1 Å². The van der Waals surface area contributed by atoms with Crippen molar-refractivity contribution < 1.29 is 9.47 Å². The third kappa shape index (κ3) is 4.14. The summed E-state index contributed by atoms with van der Waals surface area (Å²) in [7, 11) is 0. The van der Waals surface area contributed by atoms with Gasteiger partial charge in [0.05, 0.1) is 0 Å². The fourth-order valence-corrected chi connectivity index (χ4v) is 2.64. The zero-order valence-corrected chi connectivity index (χ0v) is 12.9. The van der Waals surface area contributed by atoms with E-state index in [9.17, 15) is 0 Å². The molecular weight excluding hydrogens is 250 g/mol. The van der Waals surface area contributed by atoms with Crippen molar-refractivity contribution in [2.45, 2.75) is 58.5 Å². The standard InChI is InChI=1S/C17H27NO2/c1-4-5-6-7-13(2)18-14(3)15-8-9-16-17(12-15)20-11-10-19-16/h8-9,12-14,18H,4-7,10-11H2,1-3H3. The first-order valence-electron chi connectivity index (χ1n) is 7.86. The maximum absolute atomic E-state index is 5.65. The number of fused-ring (bicyclic) bond motifs is 1. The minimum Gasteiger partial charge on any atom is -0.486 e. The Bertz CT molecular complexity index is 419. The number of benzene rings is 1. The SMILES string of the molecule is CCCCCC(C)NC(C)c1ccc2c(c1)OCCO2. The normalized spacial score (nSPS) is 16.8. The van der Waals surface area contributed by atoms with Gasteiger partial charge in [0.25, 0.3) is 0 Å². The molecule has 20 heavy (non-hydrogen) atoms. The van der Waals surface area contributed by atoms with Crippen LogP contribution in [0, 0.1) is 0 Å². The van der Waals surface area contributed by atoms with E-state index in [4.69, 9.17) is 9.47 Å². The summed E-state index contributed by atoms with van der Waals surface area (Å²) in [5.74, 6) is 1.74. The second-order valence-corrected chi connectivity index (χ2v) is 5.69. The Kier molecular flexibility index (Phi) is 5.72. The zero-order chi connectivity index (χ0) is 14.4. The van der Waals surface area contributed by atoms with E-state index in [1.54, 1.807) is 0 Å². The van der Waals surface area contributed by atoms with E-state index in [1.165, 1.54) is 31.2 Å². The molecule has 1 heterocycles. The van der Waals surface area contributed by atoms with Crippen LogP contribution in [0.1, 0.15) is 58.1 Å². The van der Waals surface area contributed by atoms with Gasteiger partial charge < -0.3 is 14.8 Å². The molecule has 0 spiro atoms. The van der Waals surface area contributed by atoms with Gasteiger partial charge in [-0.2, -0.15) is 0 Å². The molecule has 2 rings (SSSR count). The topological polar surface area (TPSA) is 30.5 Å². The van der Waals surface area contributed by atoms with Gasteiger partial charge in [0.2, 0.25) is 0 Å². The van der Waals surface area contributed by atoms with Crippen LogP contribution in [0.15, 0.2) is 18.2 Å². The van der Waals surface area contributed by atoms with Crippen molar-refractivity contribution >= 4 is 0 Å². The molecule has 112 valence electrons. The number of hydrogen-bond acceptors (Lipinski definition) is 3. The monoisotopic (exact) mass is 277 g/mol. The summed E-state index contributed by atoms with van der Waals surface area (Å²) in [6.07, 6.45) is 5.15. The van der Waals surface area contributed by atoms with Crippen LogP contribution in [0.25, 0.3) is 0 Å². The third-order valence-corrected chi connectivity index (χ3v) is 3.84. The average molecular weight is 277 g/mol. The summed E-state index contributed by atoms with van der Waals surface area (Å²) >= 11 is 0. The molecule has 3 heteroatoms. The first-order chi connectivity index (χ1) is 9.70. The van der Waals surface area contributed by atoms with Crippen molar-refractivity contribution in [3.63, 3.8) is 0 Å². The summed E-state index contributed by atoms with van der Waals surface area (Å²) in [5, 5.41) is 3.67. The lowest BCUT2D eigenvalue weighted by Gasteiger charge is -2.23. The molecule has 2 atom stereocenters. The van der Waals surface area contributed by atoms with Crippen molar-refractivity contribution in [2.75, 3.05) is 13.2 Å². The van der Waals surface area contributed by atoms with Gasteiger partial charge >= 0.3 is 0 Å². The Balaban J connectivity index is 1.90. The van der Waals surface area contributed by atoms with Gasteiger partial charge in [-0.15, -0.1) is 0 Å². The number of rotatable bonds is 7. The van der Waals surface area contributed by atoms with Crippen LogP contribution in [0.2, 0.25) is 0 Å². The van der Waals surface area contributed by atoms with Gasteiger partial charge in [-0.1, -0.05) is 32.3 Å². The summed E-state index contributed by atoms with van der Waals surface area (Å²) in [4.78, 5) is 0. The second-order valence-electron chi connectivity index (χ2n) is 5.69. The predicted molar refractivity (Wildman–Crippen MR) is 82.6 cm³/mol. The molecule has 1 aliphatic heterocycles. The first-order valence-corrected chi connectivity index (χ1v) is 7.86. The molecule has 1 aliphatic rings. The van der Waals surface area contributed by atoms with Crippen LogP contribution >= 0.6 is 0 Å². The lowest BCUT2D eigenvalue weighted by molar-refractivity contribution is 0.171. The Hall–Kier alpha value is -1.22. The lowest BCUT2D eigenvalue weighted by atomic mass is 10.0. The molecule has 3 nitrogen and oxygen atoms in total. The summed E-state index contributed by atoms with van der Waals surface area (Å²) in [5.41, 5.74) is 1.26. The molecule has 0 amide bonds. The van der Waals surface area contributed by atoms with E-state index in [0.717, 1.165) is 11.5 Å². The summed E-state index contributed by atoms with van der Waals surface area (Å²) in [6.45, 7) is 8.02. The second kappa shape index (κ2) is 7.53. The largest absolute Gasteiger partial charge is 0.486 e. The number of ether oxygens (including phenoxy) is 2. The lowest BCUT2D eigenvalue weighted by Crippen LogP contribution is -2.29. The van der Waals surface area contributed by atoms with Crippen LogP contribution in [0.5, 0.6) is 11.5 Å². The highest BCUT2D eigenvalue weighted by atomic mass is 16.6. The van der Waals surface area contributed by atoms with Crippen molar-refractivity contribution in [2.24, 2.45) is 0 Å². The summed E-state index contributed by atoms with van der Waals surface area (Å²) < 4.78 is 11.2. The van der Waals surface area contributed by atoms with E-state index in [1.807, 2.05) is 6.07 Å². The van der Waals surface area contributed by atoms with Gasteiger partial charge in [-0.05, 0) is 38.0 Å². The fraction of sp³-hybridized carbons (Fsp3) is 0.647. The number of unbranched alkanes of at least 4 members (excludes halogenated alkanes) is 2.